The topological polar surface area (TPSA) is 74.8 Å². The van der Waals surface area contributed by atoms with Gasteiger partial charge in [0.2, 0.25) is 5.91 Å². The summed E-state index contributed by atoms with van der Waals surface area (Å²) in [6.45, 7) is 0.456. The van der Waals surface area contributed by atoms with Crippen molar-refractivity contribution < 1.29 is 4.79 Å². The molecule has 0 bridgehead atoms. The summed E-state index contributed by atoms with van der Waals surface area (Å²) in [5.41, 5.74) is 2.70. The van der Waals surface area contributed by atoms with Crippen LogP contribution in [0.2, 0.25) is 5.02 Å². The molecule has 0 atom stereocenters. The highest BCUT2D eigenvalue weighted by Crippen LogP contribution is 2.27. The summed E-state index contributed by atoms with van der Waals surface area (Å²) in [7, 11) is 0. The number of carbonyl (C=O) groups is 1. The predicted octanol–water partition coefficient (Wildman–Crippen LogP) is 2.32. The van der Waals surface area contributed by atoms with Crippen molar-refractivity contribution in [2.45, 2.75) is 30.8 Å². The Kier molecular flexibility index (Phi) is 5.03. The predicted molar refractivity (Wildman–Crippen MR) is 90.9 cm³/mol. The van der Waals surface area contributed by atoms with Crippen LogP contribution in [0.15, 0.2) is 34.1 Å². The molecule has 1 aliphatic carbocycles. The number of nitrogens with zero attached hydrogens (tertiary/aromatic N) is 1. The van der Waals surface area contributed by atoms with Crippen molar-refractivity contribution in [1.82, 2.24) is 15.3 Å². The van der Waals surface area contributed by atoms with Crippen molar-refractivity contribution in [2.75, 3.05) is 5.75 Å². The summed E-state index contributed by atoms with van der Waals surface area (Å²) in [5, 5.41) is 4.21. The molecule has 0 aliphatic heterocycles. The van der Waals surface area contributed by atoms with Crippen LogP contribution < -0.4 is 11.0 Å². The third kappa shape index (κ3) is 4.14. The van der Waals surface area contributed by atoms with Crippen molar-refractivity contribution in [3.05, 3.63) is 56.6 Å². The minimum atomic E-state index is -0.338. The number of rotatable bonds is 5. The van der Waals surface area contributed by atoms with E-state index in [9.17, 15) is 9.59 Å². The quantitative estimate of drug-likeness (QED) is 0.641. The molecule has 1 aromatic carbocycles. The van der Waals surface area contributed by atoms with Crippen molar-refractivity contribution in [2.24, 2.45) is 0 Å². The van der Waals surface area contributed by atoms with Gasteiger partial charge < -0.3 is 10.3 Å². The SMILES string of the molecule is O=C(CSc1nc(=O)[nH]c2c1CCC2)NCc1ccc(Cl)cc1. The molecule has 5 nitrogen and oxygen atoms in total. The van der Waals surface area contributed by atoms with Gasteiger partial charge in [0.15, 0.2) is 0 Å². The molecule has 0 saturated heterocycles. The molecule has 0 radical (unpaired) electrons. The number of fused-ring (bicyclic) bond motifs is 1. The fourth-order valence-electron chi connectivity index (χ4n) is 2.54. The van der Waals surface area contributed by atoms with Crippen LogP contribution in [0.3, 0.4) is 0 Å². The van der Waals surface area contributed by atoms with Crippen molar-refractivity contribution in [1.29, 1.82) is 0 Å². The second-order valence-electron chi connectivity index (χ2n) is 5.35. The molecule has 23 heavy (non-hydrogen) atoms. The number of hydrogen-bond donors (Lipinski definition) is 2. The van der Waals surface area contributed by atoms with Gasteiger partial charge in [-0.2, -0.15) is 4.98 Å². The third-order valence-electron chi connectivity index (χ3n) is 3.68. The fraction of sp³-hybridized carbons (Fsp3) is 0.312. The van der Waals surface area contributed by atoms with Crippen LogP contribution in [0, 0.1) is 0 Å². The number of aromatic amines is 1. The zero-order valence-electron chi connectivity index (χ0n) is 12.4. The summed E-state index contributed by atoms with van der Waals surface area (Å²) >= 11 is 7.15. The Morgan fingerprint density at radius 3 is 2.87 bits per heavy atom. The van der Waals surface area contributed by atoms with E-state index >= 15 is 0 Å². The third-order valence-corrected chi connectivity index (χ3v) is 4.95. The van der Waals surface area contributed by atoms with Gasteiger partial charge >= 0.3 is 5.69 Å². The fourth-order valence-corrected chi connectivity index (χ4v) is 3.58. The number of halogens is 1. The summed E-state index contributed by atoms with van der Waals surface area (Å²) in [5.74, 6) is 0.162. The number of nitrogens with one attached hydrogen (secondary N) is 2. The lowest BCUT2D eigenvalue weighted by Crippen LogP contribution is -2.25. The second kappa shape index (κ2) is 7.19. The highest BCUT2D eigenvalue weighted by atomic mass is 35.5. The van der Waals surface area contributed by atoms with Crippen LogP contribution in [-0.2, 0) is 24.2 Å². The first-order valence-corrected chi connectivity index (χ1v) is 8.74. The Balaban J connectivity index is 1.55. The van der Waals surface area contributed by atoms with E-state index in [-0.39, 0.29) is 17.3 Å². The Morgan fingerprint density at radius 1 is 1.30 bits per heavy atom. The molecule has 0 unspecified atom stereocenters. The lowest BCUT2D eigenvalue weighted by molar-refractivity contribution is -0.118. The average Bonchev–Trinajstić information content (AvgIpc) is 3.00. The van der Waals surface area contributed by atoms with E-state index in [1.54, 1.807) is 12.1 Å². The van der Waals surface area contributed by atoms with Crippen LogP contribution >= 0.6 is 23.4 Å². The maximum Gasteiger partial charge on any atom is 0.346 e. The van der Waals surface area contributed by atoms with Gasteiger partial charge in [-0.05, 0) is 37.0 Å². The molecule has 1 amide bonds. The summed E-state index contributed by atoms with van der Waals surface area (Å²) in [6, 6.07) is 7.34. The lowest BCUT2D eigenvalue weighted by Gasteiger charge is -2.07. The number of amides is 1. The first kappa shape index (κ1) is 16.1. The van der Waals surface area contributed by atoms with E-state index in [1.165, 1.54) is 11.8 Å². The molecule has 2 aromatic rings. The number of carbonyl (C=O) groups excluding carboxylic acids is 1. The highest BCUT2D eigenvalue weighted by molar-refractivity contribution is 7.99. The highest BCUT2D eigenvalue weighted by Gasteiger charge is 2.18. The number of aryl methyl sites for hydroxylation is 1. The van der Waals surface area contributed by atoms with E-state index in [1.807, 2.05) is 12.1 Å². The van der Waals surface area contributed by atoms with Gasteiger partial charge in [-0.25, -0.2) is 4.79 Å². The Morgan fingerprint density at radius 2 is 2.09 bits per heavy atom. The molecule has 2 N–H and O–H groups in total. The van der Waals surface area contributed by atoms with Crippen molar-refractivity contribution >= 4 is 29.3 Å². The van der Waals surface area contributed by atoms with Crippen LogP contribution in [-0.4, -0.2) is 21.6 Å². The Hall–Kier alpha value is -1.79. The maximum absolute atomic E-state index is 12.0. The van der Waals surface area contributed by atoms with Gasteiger partial charge in [0.1, 0.15) is 5.03 Å². The van der Waals surface area contributed by atoms with E-state index in [0.717, 1.165) is 36.1 Å². The molecular formula is C16H16ClN3O2S. The summed E-state index contributed by atoms with van der Waals surface area (Å²) < 4.78 is 0. The van der Waals surface area contributed by atoms with Gasteiger partial charge in [0, 0.05) is 22.8 Å². The van der Waals surface area contributed by atoms with Crippen LogP contribution in [0.25, 0.3) is 0 Å². The van der Waals surface area contributed by atoms with Gasteiger partial charge in [-0.3, -0.25) is 4.79 Å². The Bertz CT molecular complexity index is 774. The van der Waals surface area contributed by atoms with E-state index < -0.39 is 0 Å². The summed E-state index contributed by atoms with van der Waals surface area (Å²) in [4.78, 5) is 30.3. The molecule has 0 spiro atoms. The van der Waals surface area contributed by atoms with Crippen molar-refractivity contribution in [3.8, 4) is 0 Å². The molecule has 1 aliphatic rings. The molecule has 1 heterocycles. The van der Waals surface area contributed by atoms with Crippen LogP contribution in [0.1, 0.15) is 23.2 Å². The minimum absolute atomic E-state index is 0.0845. The standard InChI is InChI=1S/C16H16ClN3O2S/c17-11-6-4-10(5-7-11)8-18-14(21)9-23-15-12-2-1-3-13(12)19-16(22)20-15/h4-7H,1-3,8-9H2,(H,18,21)(H,19,20,22). The first-order chi connectivity index (χ1) is 11.1. The molecule has 1 aromatic heterocycles. The zero-order chi connectivity index (χ0) is 16.2. The van der Waals surface area contributed by atoms with E-state index in [0.29, 0.717) is 16.6 Å². The Labute approximate surface area is 142 Å². The molecule has 120 valence electrons. The normalized spacial score (nSPS) is 12.9. The summed E-state index contributed by atoms with van der Waals surface area (Å²) in [6.07, 6.45) is 2.81. The second-order valence-corrected chi connectivity index (χ2v) is 6.75. The minimum Gasteiger partial charge on any atom is -0.351 e. The number of benzene rings is 1. The monoisotopic (exact) mass is 349 g/mol. The number of H-pyrrole nitrogens is 1. The smallest absolute Gasteiger partial charge is 0.346 e. The number of thioether (sulfide) groups is 1. The maximum atomic E-state index is 12.0. The molecule has 7 heteroatoms. The van der Waals surface area contributed by atoms with Crippen LogP contribution in [0.5, 0.6) is 0 Å². The van der Waals surface area contributed by atoms with Gasteiger partial charge in [0.05, 0.1) is 5.75 Å². The largest absolute Gasteiger partial charge is 0.351 e. The van der Waals surface area contributed by atoms with Gasteiger partial charge in [-0.1, -0.05) is 35.5 Å². The zero-order valence-corrected chi connectivity index (χ0v) is 14.0. The van der Waals surface area contributed by atoms with Crippen molar-refractivity contribution in [3.63, 3.8) is 0 Å². The molecule has 0 fully saturated rings. The first-order valence-electron chi connectivity index (χ1n) is 7.38. The van der Waals surface area contributed by atoms with Gasteiger partial charge in [0.25, 0.3) is 0 Å². The lowest BCUT2D eigenvalue weighted by atomic mass is 10.2. The molecule has 0 saturated carbocycles. The number of hydrogen-bond acceptors (Lipinski definition) is 4. The average molecular weight is 350 g/mol. The van der Waals surface area contributed by atoms with E-state index in [4.69, 9.17) is 11.6 Å². The number of aromatic nitrogens is 2. The van der Waals surface area contributed by atoms with Gasteiger partial charge in [-0.15, -0.1) is 0 Å². The van der Waals surface area contributed by atoms with Crippen LogP contribution in [0.4, 0.5) is 0 Å². The van der Waals surface area contributed by atoms with E-state index in [2.05, 4.69) is 15.3 Å². The molecule has 3 rings (SSSR count). The molecular weight excluding hydrogens is 334 g/mol.